The number of hydrogen-bond acceptors (Lipinski definition) is 8. The predicted molar refractivity (Wildman–Crippen MR) is 149 cm³/mol. The lowest BCUT2D eigenvalue weighted by Crippen LogP contribution is -2.45. The number of methoxy groups -OCH3 is 3. The Bertz CT molecular complexity index is 1230. The van der Waals surface area contributed by atoms with Crippen LogP contribution in [0, 0.1) is 0 Å². The molecule has 10 nitrogen and oxygen atoms in total. The molecule has 0 spiro atoms. The SMILES string of the molecule is COc1ccc(OC)c(CN2CCN(Cc3ccc(OC)c(OCc4ccccc4)c3)CC2)c1.O=C(O)C(=O)O. The second kappa shape index (κ2) is 15.3. The molecule has 0 radical (unpaired) electrons. The number of hydrogen-bond donors (Lipinski definition) is 2. The molecule has 0 saturated carbocycles. The summed E-state index contributed by atoms with van der Waals surface area (Å²) in [6.45, 7) is 6.31. The topological polar surface area (TPSA) is 118 Å². The van der Waals surface area contributed by atoms with Crippen LogP contribution in [0.4, 0.5) is 0 Å². The second-order valence-corrected chi connectivity index (χ2v) is 9.10. The van der Waals surface area contributed by atoms with Crippen LogP contribution >= 0.6 is 0 Å². The van der Waals surface area contributed by atoms with E-state index in [1.807, 2.05) is 36.4 Å². The number of carbonyl (C=O) groups is 2. The average Bonchev–Trinajstić information content (AvgIpc) is 2.98. The van der Waals surface area contributed by atoms with Crippen LogP contribution in [0.2, 0.25) is 0 Å². The van der Waals surface area contributed by atoms with E-state index < -0.39 is 11.9 Å². The van der Waals surface area contributed by atoms with Gasteiger partial charge in [-0.3, -0.25) is 9.80 Å². The summed E-state index contributed by atoms with van der Waals surface area (Å²) in [5, 5.41) is 14.8. The van der Waals surface area contributed by atoms with Gasteiger partial charge in [-0.25, -0.2) is 9.59 Å². The molecule has 214 valence electrons. The zero-order valence-corrected chi connectivity index (χ0v) is 23.0. The molecule has 0 amide bonds. The van der Waals surface area contributed by atoms with Crippen molar-refractivity contribution in [1.29, 1.82) is 0 Å². The number of aliphatic carboxylic acids is 2. The summed E-state index contributed by atoms with van der Waals surface area (Å²) >= 11 is 0. The predicted octanol–water partition coefficient (Wildman–Crippen LogP) is 3.76. The number of rotatable bonds is 10. The van der Waals surface area contributed by atoms with E-state index in [-0.39, 0.29) is 0 Å². The van der Waals surface area contributed by atoms with Crippen molar-refractivity contribution in [3.8, 4) is 23.0 Å². The van der Waals surface area contributed by atoms with Crippen molar-refractivity contribution in [2.24, 2.45) is 0 Å². The van der Waals surface area contributed by atoms with Crippen molar-refractivity contribution in [3.05, 3.63) is 83.4 Å². The number of benzene rings is 3. The van der Waals surface area contributed by atoms with Crippen LogP contribution in [-0.2, 0) is 29.3 Å². The minimum absolute atomic E-state index is 0.521. The lowest BCUT2D eigenvalue weighted by Gasteiger charge is -2.35. The Morgan fingerprint density at radius 1 is 0.675 bits per heavy atom. The third-order valence-electron chi connectivity index (χ3n) is 6.40. The van der Waals surface area contributed by atoms with E-state index in [2.05, 4.69) is 40.1 Å². The van der Waals surface area contributed by atoms with Crippen LogP contribution in [0.1, 0.15) is 16.7 Å². The van der Waals surface area contributed by atoms with Crippen molar-refractivity contribution in [3.63, 3.8) is 0 Å². The Kier molecular flexibility index (Phi) is 11.6. The molecule has 10 heteroatoms. The summed E-state index contributed by atoms with van der Waals surface area (Å²) in [7, 11) is 5.10. The first-order valence-corrected chi connectivity index (χ1v) is 12.8. The molecule has 2 N–H and O–H groups in total. The Morgan fingerprint density at radius 2 is 1.27 bits per heavy atom. The van der Waals surface area contributed by atoms with Gasteiger partial charge in [-0.05, 0) is 41.5 Å². The molecule has 0 unspecified atom stereocenters. The van der Waals surface area contributed by atoms with Crippen LogP contribution in [0.25, 0.3) is 0 Å². The molecule has 0 aliphatic carbocycles. The summed E-state index contributed by atoms with van der Waals surface area (Å²) < 4.78 is 22.6. The number of piperazine rings is 1. The molecule has 4 rings (SSSR count). The summed E-state index contributed by atoms with van der Waals surface area (Å²) in [5.74, 6) is -0.335. The molecule has 3 aromatic rings. The lowest BCUT2D eigenvalue weighted by molar-refractivity contribution is -0.159. The number of carboxylic acid groups (broad SMARTS) is 2. The third-order valence-corrected chi connectivity index (χ3v) is 6.40. The fraction of sp³-hybridized carbons (Fsp3) is 0.333. The molecule has 1 aliphatic heterocycles. The molecule has 1 saturated heterocycles. The molecule has 1 aliphatic rings. The highest BCUT2D eigenvalue weighted by molar-refractivity contribution is 6.27. The number of nitrogens with zero attached hydrogens (tertiary/aromatic N) is 2. The van der Waals surface area contributed by atoms with E-state index in [4.69, 9.17) is 38.7 Å². The van der Waals surface area contributed by atoms with E-state index in [0.29, 0.717) is 6.61 Å². The normalized spacial score (nSPS) is 13.5. The molecule has 0 aromatic heterocycles. The highest BCUT2D eigenvalue weighted by Crippen LogP contribution is 2.30. The van der Waals surface area contributed by atoms with Crippen LogP contribution in [-0.4, -0.2) is 79.5 Å². The van der Waals surface area contributed by atoms with Crippen molar-refractivity contribution in [2.75, 3.05) is 47.5 Å². The third kappa shape index (κ3) is 9.18. The van der Waals surface area contributed by atoms with Crippen LogP contribution in [0.3, 0.4) is 0 Å². The highest BCUT2D eigenvalue weighted by atomic mass is 16.5. The quantitative estimate of drug-likeness (QED) is 0.360. The molecule has 40 heavy (non-hydrogen) atoms. The molecule has 3 aromatic carbocycles. The minimum atomic E-state index is -1.82. The van der Waals surface area contributed by atoms with Gasteiger partial charge in [0.05, 0.1) is 21.3 Å². The van der Waals surface area contributed by atoms with E-state index >= 15 is 0 Å². The van der Waals surface area contributed by atoms with Crippen molar-refractivity contribution < 1.29 is 38.7 Å². The van der Waals surface area contributed by atoms with Crippen molar-refractivity contribution in [2.45, 2.75) is 19.7 Å². The fourth-order valence-corrected chi connectivity index (χ4v) is 4.28. The first-order chi connectivity index (χ1) is 19.3. The fourth-order valence-electron chi connectivity index (χ4n) is 4.28. The summed E-state index contributed by atoms with van der Waals surface area (Å²) in [6, 6.07) is 22.4. The minimum Gasteiger partial charge on any atom is -0.497 e. The van der Waals surface area contributed by atoms with Gasteiger partial charge in [0.2, 0.25) is 0 Å². The van der Waals surface area contributed by atoms with E-state index in [9.17, 15) is 0 Å². The molecular formula is C30H36N2O8. The summed E-state index contributed by atoms with van der Waals surface area (Å²) in [6.07, 6.45) is 0. The first-order valence-electron chi connectivity index (χ1n) is 12.8. The van der Waals surface area contributed by atoms with Gasteiger partial charge < -0.3 is 29.2 Å². The van der Waals surface area contributed by atoms with E-state index in [1.165, 1.54) is 5.56 Å². The average molecular weight is 553 g/mol. The van der Waals surface area contributed by atoms with Gasteiger partial charge in [-0.1, -0.05) is 36.4 Å². The standard InChI is InChI=1S/C28H34N2O4.C2H2O4/c1-31-25-10-12-26(32-2)24(18-25)20-30-15-13-29(14-16-30)19-23-9-11-27(33-3)28(17-23)34-21-22-7-5-4-6-8-22;3-1(4)2(5)6/h4-12,17-18H,13-16,19-21H2,1-3H3;(H,3,4)(H,5,6). The Hall–Kier alpha value is -4.28. The number of ether oxygens (including phenoxy) is 4. The van der Waals surface area contributed by atoms with Gasteiger partial charge in [0.1, 0.15) is 18.1 Å². The molecule has 1 heterocycles. The zero-order valence-electron chi connectivity index (χ0n) is 23.0. The molecule has 1 fully saturated rings. The lowest BCUT2D eigenvalue weighted by atomic mass is 10.1. The maximum absolute atomic E-state index is 9.10. The Morgan fingerprint density at radius 3 is 1.85 bits per heavy atom. The first kappa shape index (κ1) is 30.3. The molecule has 0 atom stereocenters. The van der Waals surface area contributed by atoms with Gasteiger partial charge in [0, 0.05) is 44.8 Å². The molecular weight excluding hydrogens is 516 g/mol. The van der Waals surface area contributed by atoms with Gasteiger partial charge in [-0.2, -0.15) is 0 Å². The number of carboxylic acids is 2. The van der Waals surface area contributed by atoms with Crippen molar-refractivity contribution in [1.82, 2.24) is 9.80 Å². The molecule has 0 bridgehead atoms. The van der Waals surface area contributed by atoms with Gasteiger partial charge in [-0.15, -0.1) is 0 Å². The Labute approximate surface area is 234 Å². The maximum Gasteiger partial charge on any atom is 0.414 e. The summed E-state index contributed by atoms with van der Waals surface area (Å²) in [5.41, 5.74) is 3.52. The van der Waals surface area contributed by atoms with Crippen LogP contribution in [0.15, 0.2) is 66.7 Å². The van der Waals surface area contributed by atoms with Crippen LogP contribution < -0.4 is 18.9 Å². The summed E-state index contributed by atoms with van der Waals surface area (Å²) in [4.78, 5) is 23.2. The van der Waals surface area contributed by atoms with Gasteiger partial charge >= 0.3 is 11.9 Å². The Balaban J connectivity index is 0.000000663. The second-order valence-electron chi connectivity index (χ2n) is 9.10. The van der Waals surface area contributed by atoms with Gasteiger partial charge in [0.25, 0.3) is 0 Å². The maximum atomic E-state index is 9.10. The zero-order chi connectivity index (χ0) is 28.9. The van der Waals surface area contributed by atoms with Gasteiger partial charge in [0.15, 0.2) is 11.5 Å². The highest BCUT2D eigenvalue weighted by Gasteiger charge is 2.19. The van der Waals surface area contributed by atoms with Crippen LogP contribution in [0.5, 0.6) is 23.0 Å². The van der Waals surface area contributed by atoms with E-state index in [0.717, 1.165) is 73.4 Å². The monoisotopic (exact) mass is 552 g/mol. The van der Waals surface area contributed by atoms with Crippen molar-refractivity contribution >= 4 is 11.9 Å². The smallest absolute Gasteiger partial charge is 0.414 e. The van der Waals surface area contributed by atoms with E-state index in [1.54, 1.807) is 21.3 Å². The largest absolute Gasteiger partial charge is 0.497 e.